The van der Waals surface area contributed by atoms with Crippen molar-refractivity contribution in [3.8, 4) is 0 Å². The molecule has 1 amide bonds. The molecule has 1 aromatic rings. The lowest BCUT2D eigenvalue weighted by Crippen LogP contribution is -2.40. The van der Waals surface area contributed by atoms with E-state index in [4.69, 9.17) is 4.74 Å². The standard InChI is InChI=1S/C16H25NO2/c1-13(2)17(11-14-9-7-6-8-10-14)15(18)12-19-16(3,4)5/h6-10,13H,11-12H2,1-5H3. The van der Waals surface area contributed by atoms with Crippen molar-refractivity contribution in [2.75, 3.05) is 6.61 Å². The van der Waals surface area contributed by atoms with Crippen molar-refractivity contribution in [2.24, 2.45) is 0 Å². The lowest BCUT2D eigenvalue weighted by Gasteiger charge is -2.28. The van der Waals surface area contributed by atoms with E-state index in [0.29, 0.717) is 6.54 Å². The van der Waals surface area contributed by atoms with Gasteiger partial charge in [-0.25, -0.2) is 0 Å². The molecule has 0 aliphatic carbocycles. The Balaban J connectivity index is 2.65. The molecule has 0 aromatic heterocycles. The molecule has 0 N–H and O–H groups in total. The SMILES string of the molecule is CC(C)N(Cc1ccccc1)C(=O)COC(C)(C)C. The number of ether oxygens (including phenoxy) is 1. The average Bonchev–Trinajstić information content (AvgIpc) is 2.33. The van der Waals surface area contributed by atoms with Crippen LogP contribution in [0, 0.1) is 0 Å². The van der Waals surface area contributed by atoms with E-state index >= 15 is 0 Å². The van der Waals surface area contributed by atoms with Gasteiger partial charge in [0.2, 0.25) is 5.91 Å². The zero-order valence-corrected chi connectivity index (χ0v) is 12.6. The van der Waals surface area contributed by atoms with Gasteiger partial charge in [-0.3, -0.25) is 4.79 Å². The van der Waals surface area contributed by atoms with Gasteiger partial charge in [0.15, 0.2) is 0 Å². The molecule has 0 aliphatic rings. The van der Waals surface area contributed by atoms with E-state index in [1.807, 2.05) is 69.9 Å². The Morgan fingerprint density at radius 3 is 2.26 bits per heavy atom. The van der Waals surface area contributed by atoms with Crippen molar-refractivity contribution >= 4 is 5.91 Å². The number of hydrogen-bond acceptors (Lipinski definition) is 2. The molecule has 3 heteroatoms. The second-order valence-electron chi connectivity index (χ2n) is 6.00. The van der Waals surface area contributed by atoms with Gasteiger partial charge in [0, 0.05) is 12.6 Å². The number of hydrogen-bond donors (Lipinski definition) is 0. The van der Waals surface area contributed by atoms with Crippen LogP contribution in [0.3, 0.4) is 0 Å². The zero-order chi connectivity index (χ0) is 14.5. The van der Waals surface area contributed by atoms with Gasteiger partial charge in [0.25, 0.3) is 0 Å². The van der Waals surface area contributed by atoms with Gasteiger partial charge in [-0.1, -0.05) is 30.3 Å². The summed E-state index contributed by atoms with van der Waals surface area (Å²) < 4.78 is 5.57. The molecule has 0 atom stereocenters. The summed E-state index contributed by atoms with van der Waals surface area (Å²) in [7, 11) is 0. The molecule has 0 radical (unpaired) electrons. The maximum atomic E-state index is 12.2. The predicted molar refractivity (Wildman–Crippen MR) is 77.8 cm³/mol. The second-order valence-corrected chi connectivity index (χ2v) is 6.00. The van der Waals surface area contributed by atoms with E-state index < -0.39 is 0 Å². The molecule has 0 heterocycles. The fourth-order valence-electron chi connectivity index (χ4n) is 1.70. The van der Waals surface area contributed by atoms with Gasteiger partial charge >= 0.3 is 0 Å². The van der Waals surface area contributed by atoms with Crippen LogP contribution in [-0.2, 0) is 16.1 Å². The summed E-state index contributed by atoms with van der Waals surface area (Å²) in [6.07, 6.45) is 0. The monoisotopic (exact) mass is 263 g/mol. The maximum absolute atomic E-state index is 12.2. The molecule has 0 saturated heterocycles. The molecule has 0 unspecified atom stereocenters. The normalized spacial score (nSPS) is 11.7. The Kier molecular flexibility index (Phi) is 5.55. The quantitative estimate of drug-likeness (QED) is 0.816. The molecule has 0 aliphatic heterocycles. The minimum Gasteiger partial charge on any atom is -0.366 e. The molecule has 0 spiro atoms. The number of carbonyl (C=O) groups is 1. The first kappa shape index (κ1) is 15.7. The van der Waals surface area contributed by atoms with Crippen molar-refractivity contribution in [3.05, 3.63) is 35.9 Å². The van der Waals surface area contributed by atoms with Gasteiger partial charge in [-0.15, -0.1) is 0 Å². The summed E-state index contributed by atoms with van der Waals surface area (Å²) >= 11 is 0. The smallest absolute Gasteiger partial charge is 0.249 e. The summed E-state index contributed by atoms with van der Waals surface area (Å²) in [6, 6.07) is 10.2. The minimum absolute atomic E-state index is 0.0359. The Bertz CT molecular complexity index is 393. The highest BCUT2D eigenvalue weighted by Crippen LogP contribution is 2.11. The van der Waals surface area contributed by atoms with Crippen molar-refractivity contribution in [1.82, 2.24) is 4.90 Å². The largest absolute Gasteiger partial charge is 0.366 e. The molecule has 0 bridgehead atoms. The van der Waals surface area contributed by atoms with Crippen molar-refractivity contribution in [1.29, 1.82) is 0 Å². The van der Waals surface area contributed by atoms with Gasteiger partial charge < -0.3 is 9.64 Å². The first-order valence-corrected chi connectivity index (χ1v) is 6.77. The van der Waals surface area contributed by atoms with E-state index in [0.717, 1.165) is 5.56 Å². The summed E-state index contributed by atoms with van der Waals surface area (Å²) in [6.45, 7) is 10.7. The molecule has 19 heavy (non-hydrogen) atoms. The van der Waals surface area contributed by atoms with Gasteiger partial charge in [-0.05, 0) is 40.2 Å². The molecule has 1 aromatic carbocycles. The summed E-state index contributed by atoms with van der Waals surface area (Å²) in [4.78, 5) is 14.1. The third-order valence-electron chi connectivity index (χ3n) is 2.77. The van der Waals surface area contributed by atoms with Crippen molar-refractivity contribution in [3.63, 3.8) is 0 Å². The Hall–Kier alpha value is -1.35. The Labute approximate surface area is 116 Å². The number of benzene rings is 1. The second kappa shape index (κ2) is 6.71. The minimum atomic E-state index is -0.287. The highest BCUT2D eigenvalue weighted by atomic mass is 16.5. The number of amides is 1. The van der Waals surface area contributed by atoms with Crippen LogP contribution >= 0.6 is 0 Å². The van der Waals surface area contributed by atoms with E-state index in [9.17, 15) is 4.79 Å². The highest BCUT2D eigenvalue weighted by molar-refractivity contribution is 5.77. The zero-order valence-electron chi connectivity index (χ0n) is 12.6. The van der Waals surface area contributed by atoms with E-state index in [1.54, 1.807) is 0 Å². The van der Waals surface area contributed by atoms with E-state index in [-0.39, 0.29) is 24.2 Å². The molecular formula is C16H25NO2. The van der Waals surface area contributed by atoms with Crippen LogP contribution in [0.15, 0.2) is 30.3 Å². The van der Waals surface area contributed by atoms with Crippen LogP contribution in [0.5, 0.6) is 0 Å². The fraction of sp³-hybridized carbons (Fsp3) is 0.562. The first-order valence-electron chi connectivity index (χ1n) is 6.77. The maximum Gasteiger partial charge on any atom is 0.249 e. The average molecular weight is 263 g/mol. The van der Waals surface area contributed by atoms with E-state index in [2.05, 4.69) is 0 Å². The van der Waals surface area contributed by atoms with Crippen LogP contribution in [-0.4, -0.2) is 29.1 Å². The molecular weight excluding hydrogens is 238 g/mol. The molecule has 3 nitrogen and oxygen atoms in total. The molecule has 0 fully saturated rings. The van der Waals surface area contributed by atoms with E-state index in [1.165, 1.54) is 0 Å². The summed E-state index contributed by atoms with van der Waals surface area (Å²) in [5, 5.41) is 0. The Morgan fingerprint density at radius 2 is 1.79 bits per heavy atom. The third-order valence-corrected chi connectivity index (χ3v) is 2.77. The molecule has 1 rings (SSSR count). The van der Waals surface area contributed by atoms with Crippen LogP contribution in [0.4, 0.5) is 0 Å². The molecule has 106 valence electrons. The third kappa shape index (κ3) is 5.88. The number of carbonyl (C=O) groups excluding carboxylic acids is 1. The first-order chi connectivity index (χ1) is 8.79. The van der Waals surface area contributed by atoms with Crippen LogP contribution in [0.25, 0.3) is 0 Å². The number of rotatable bonds is 5. The van der Waals surface area contributed by atoms with Crippen LogP contribution < -0.4 is 0 Å². The van der Waals surface area contributed by atoms with Gasteiger partial charge in [0.1, 0.15) is 6.61 Å². The Morgan fingerprint density at radius 1 is 1.21 bits per heavy atom. The predicted octanol–water partition coefficient (Wildman–Crippen LogP) is 3.24. The van der Waals surface area contributed by atoms with Gasteiger partial charge in [0.05, 0.1) is 5.60 Å². The highest BCUT2D eigenvalue weighted by Gasteiger charge is 2.20. The number of nitrogens with zero attached hydrogens (tertiary/aromatic N) is 1. The topological polar surface area (TPSA) is 29.5 Å². The summed E-state index contributed by atoms with van der Waals surface area (Å²) in [5.41, 5.74) is 0.853. The van der Waals surface area contributed by atoms with Crippen LogP contribution in [0.2, 0.25) is 0 Å². The lowest BCUT2D eigenvalue weighted by atomic mass is 10.2. The lowest BCUT2D eigenvalue weighted by molar-refractivity contribution is -0.143. The van der Waals surface area contributed by atoms with Gasteiger partial charge in [-0.2, -0.15) is 0 Å². The molecule has 0 saturated carbocycles. The van der Waals surface area contributed by atoms with Crippen molar-refractivity contribution < 1.29 is 9.53 Å². The van der Waals surface area contributed by atoms with Crippen LogP contribution in [0.1, 0.15) is 40.2 Å². The fourth-order valence-corrected chi connectivity index (χ4v) is 1.70. The summed E-state index contributed by atoms with van der Waals surface area (Å²) in [5.74, 6) is 0.0359. The van der Waals surface area contributed by atoms with Crippen molar-refractivity contribution in [2.45, 2.75) is 52.8 Å².